The predicted molar refractivity (Wildman–Crippen MR) is 117 cm³/mol. The molecule has 152 valence electrons. The van der Waals surface area contributed by atoms with Gasteiger partial charge in [0.25, 0.3) is 0 Å². The molecule has 0 unspecified atom stereocenters. The maximum Gasteiger partial charge on any atom is 0.242 e. The molecule has 8 heteroatoms. The Bertz CT molecular complexity index is 924. The van der Waals surface area contributed by atoms with Gasteiger partial charge in [-0.15, -0.1) is 11.8 Å². The summed E-state index contributed by atoms with van der Waals surface area (Å²) in [6.45, 7) is 3.31. The van der Waals surface area contributed by atoms with Crippen molar-refractivity contribution in [1.82, 2.24) is 14.9 Å². The van der Waals surface area contributed by atoms with Gasteiger partial charge in [0.2, 0.25) is 10.0 Å². The summed E-state index contributed by atoms with van der Waals surface area (Å²) < 4.78 is 25.5. The van der Waals surface area contributed by atoms with Crippen LogP contribution in [0.5, 0.6) is 0 Å². The number of hydrogen-bond acceptors (Lipinski definition) is 4. The van der Waals surface area contributed by atoms with Gasteiger partial charge in [0.15, 0.2) is 5.96 Å². The van der Waals surface area contributed by atoms with Gasteiger partial charge in [0.05, 0.1) is 4.90 Å². The summed E-state index contributed by atoms with van der Waals surface area (Å²) in [6, 6.07) is 13.3. The Balaban J connectivity index is 1.96. The summed E-state index contributed by atoms with van der Waals surface area (Å²) in [5, 5.41) is 6.58. The molecule has 0 radical (unpaired) electrons. The van der Waals surface area contributed by atoms with Gasteiger partial charge in [-0.1, -0.05) is 24.3 Å². The normalized spacial score (nSPS) is 12.3. The molecule has 2 rings (SSSR count). The van der Waals surface area contributed by atoms with Crippen LogP contribution in [0.2, 0.25) is 0 Å². The van der Waals surface area contributed by atoms with Gasteiger partial charge in [-0.3, -0.25) is 4.99 Å². The fourth-order valence-corrected chi connectivity index (χ4v) is 4.18. The Morgan fingerprint density at radius 1 is 1.07 bits per heavy atom. The molecule has 0 amide bonds. The second-order valence-corrected chi connectivity index (χ2v) is 9.53. The number of thioether (sulfide) groups is 1. The Morgan fingerprint density at radius 2 is 1.71 bits per heavy atom. The lowest BCUT2D eigenvalue weighted by Crippen LogP contribution is -2.36. The van der Waals surface area contributed by atoms with Crippen molar-refractivity contribution in [2.75, 3.05) is 27.4 Å². The highest BCUT2D eigenvalue weighted by atomic mass is 32.2. The molecule has 0 fully saturated rings. The van der Waals surface area contributed by atoms with Crippen LogP contribution in [-0.2, 0) is 23.1 Å². The molecule has 0 aliphatic carbocycles. The molecule has 0 atom stereocenters. The zero-order valence-corrected chi connectivity index (χ0v) is 18.6. The molecule has 0 bridgehead atoms. The Hall–Kier alpha value is -2.03. The number of aliphatic imine (C=N–C) groups is 1. The van der Waals surface area contributed by atoms with E-state index in [1.807, 2.05) is 12.1 Å². The highest BCUT2D eigenvalue weighted by Gasteiger charge is 2.16. The topological polar surface area (TPSA) is 73.8 Å². The monoisotopic (exact) mass is 420 g/mol. The minimum absolute atomic E-state index is 0.285. The molecule has 0 saturated carbocycles. The van der Waals surface area contributed by atoms with E-state index in [-0.39, 0.29) is 4.90 Å². The third-order valence-electron chi connectivity index (χ3n) is 4.27. The van der Waals surface area contributed by atoms with E-state index in [9.17, 15) is 8.42 Å². The smallest absolute Gasteiger partial charge is 0.242 e. The Morgan fingerprint density at radius 3 is 2.29 bits per heavy atom. The first-order valence-corrected chi connectivity index (χ1v) is 11.5. The van der Waals surface area contributed by atoms with Gasteiger partial charge in [0, 0.05) is 39.1 Å². The standard InChI is InChI=1S/C20H28N4O2S2/c1-15-6-9-17(19(12-15)27-5)14-23-20(21-2)22-13-16-7-10-18(11-8-16)28(25,26)24(3)4/h6-12H,13-14H2,1-5H3,(H2,21,22,23). The molecule has 28 heavy (non-hydrogen) atoms. The van der Waals surface area contributed by atoms with Crippen LogP contribution >= 0.6 is 11.8 Å². The molecule has 0 saturated heterocycles. The van der Waals surface area contributed by atoms with E-state index in [1.165, 1.54) is 34.4 Å². The molecule has 0 spiro atoms. The van der Waals surface area contributed by atoms with Crippen LogP contribution in [0.4, 0.5) is 0 Å². The summed E-state index contributed by atoms with van der Waals surface area (Å²) in [5.41, 5.74) is 3.44. The lowest BCUT2D eigenvalue weighted by Gasteiger charge is -2.15. The average Bonchev–Trinajstić information content (AvgIpc) is 2.69. The number of rotatable bonds is 7. The quantitative estimate of drug-likeness (QED) is 0.409. The third kappa shape index (κ3) is 5.73. The van der Waals surface area contributed by atoms with E-state index >= 15 is 0 Å². The fourth-order valence-electron chi connectivity index (χ4n) is 2.57. The van der Waals surface area contributed by atoms with Crippen molar-refractivity contribution in [3.63, 3.8) is 0 Å². The van der Waals surface area contributed by atoms with Crippen molar-refractivity contribution < 1.29 is 8.42 Å². The predicted octanol–water partition coefficient (Wildman–Crippen LogP) is 2.83. The maximum absolute atomic E-state index is 12.1. The third-order valence-corrected chi connectivity index (χ3v) is 6.92. The van der Waals surface area contributed by atoms with Crippen molar-refractivity contribution >= 4 is 27.7 Å². The number of aryl methyl sites for hydroxylation is 1. The van der Waals surface area contributed by atoms with Crippen LogP contribution in [0.3, 0.4) is 0 Å². The van der Waals surface area contributed by atoms with Crippen LogP contribution in [0.1, 0.15) is 16.7 Å². The second-order valence-electron chi connectivity index (χ2n) is 6.53. The van der Waals surface area contributed by atoms with Gasteiger partial charge in [-0.25, -0.2) is 12.7 Å². The molecule has 2 aromatic carbocycles. The highest BCUT2D eigenvalue weighted by molar-refractivity contribution is 7.98. The van der Waals surface area contributed by atoms with E-state index < -0.39 is 10.0 Å². The van der Waals surface area contributed by atoms with Crippen LogP contribution < -0.4 is 10.6 Å². The second kappa shape index (κ2) is 9.95. The summed E-state index contributed by atoms with van der Waals surface area (Å²) in [7, 11) is 1.37. The van der Waals surface area contributed by atoms with Crippen LogP contribution in [0.15, 0.2) is 57.2 Å². The molecule has 2 N–H and O–H groups in total. The van der Waals surface area contributed by atoms with Crippen molar-refractivity contribution in [2.24, 2.45) is 4.99 Å². The minimum atomic E-state index is -3.40. The van der Waals surface area contributed by atoms with Crippen molar-refractivity contribution in [3.05, 3.63) is 59.2 Å². The molecule has 0 aliphatic heterocycles. The van der Waals surface area contributed by atoms with Gasteiger partial charge in [-0.2, -0.15) is 0 Å². The largest absolute Gasteiger partial charge is 0.352 e. The summed E-state index contributed by atoms with van der Waals surface area (Å²) >= 11 is 1.73. The molecular formula is C20H28N4O2S2. The van der Waals surface area contributed by atoms with Gasteiger partial charge in [0.1, 0.15) is 0 Å². The fraction of sp³-hybridized carbons (Fsp3) is 0.350. The summed E-state index contributed by atoms with van der Waals surface area (Å²) in [4.78, 5) is 5.79. The van der Waals surface area contributed by atoms with Crippen molar-refractivity contribution in [2.45, 2.75) is 29.8 Å². The van der Waals surface area contributed by atoms with E-state index in [2.05, 4.69) is 47.0 Å². The highest BCUT2D eigenvalue weighted by Crippen LogP contribution is 2.21. The Kier molecular flexibility index (Phi) is 7.91. The van der Waals surface area contributed by atoms with Gasteiger partial charge >= 0.3 is 0 Å². The number of nitrogens with one attached hydrogen (secondary N) is 2. The minimum Gasteiger partial charge on any atom is -0.352 e. The molecule has 0 aliphatic rings. The molecule has 6 nitrogen and oxygen atoms in total. The van der Waals surface area contributed by atoms with Crippen LogP contribution in [-0.4, -0.2) is 46.1 Å². The van der Waals surface area contributed by atoms with E-state index in [4.69, 9.17) is 0 Å². The van der Waals surface area contributed by atoms with E-state index in [1.54, 1.807) is 30.9 Å². The molecule has 0 heterocycles. The SMILES string of the molecule is CN=C(NCc1ccc(S(=O)(=O)N(C)C)cc1)NCc1ccc(C)cc1SC. The first-order valence-electron chi connectivity index (χ1n) is 8.87. The number of nitrogens with zero attached hydrogens (tertiary/aromatic N) is 2. The van der Waals surface area contributed by atoms with Crippen molar-refractivity contribution in [3.8, 4) is 0 Å². The van der Waals surface area contributed by atoms with Crippen LogP contribution in [0.25, 0.3) is 0 Å². The van der Waals surface area contributed by atoms with Crippen molar-refractivity contribution in [1.29, 1.82) is 0 Å². The maximum atomic E-state index is 12.1. The Labute approximate surface area is 172 Å². The number of benzene rings is 2. The zero-order chi connectivity index (χ0) is 20.7. The lowest BCUT2D eigenvalue weighted by atomic mass is 10.1. The lowest BCUT2D eigenvalue weighted by molar-refractivity contribution is 0.520. The average molecular weight is 421 g/mol. The van der Waals surface area contributed by atoms with Gasteiger partial charge in [-0.05, 0) is 48.1 Å². The first-order chi connectivity index (χ1) is 13.3. The van der Waals surface area contributed by atoms with Gasteiger partial charge < -0.3 is 10.6 Å². The number of hydrogen-bond donors (Lipinski definition) is 2. The number of guanidine groups is 1. The summed E-state index contributed by atoms with van der Waals surface area (Å²) in [5.74, 6) is 0.692. The van der Waals surface area contributed by atoms with E-state index in [0.717, 1.165) is 5.56 Å². The first kappa shape index (κ1) is 22.3. The molecule has 2 aromatic rings. The zero-order valence-electron chi connectivity index (χ0n) is 17.0. The summed E-state index contributed by atoms with van der Waals surface area (Å²) in [6.07, 6.45) is 2.07. The van der Waals surface area contributed by atoms with Crippen LogP contribution in [0, 0.1) is 6.92 Å². The molecule has 0 aromatic heterocycles. The van der Waals surface area contributed by atoms with E-state index in [0.29, 0.717) is 19.0 Å². The molecular weight excluding hydrogens is 392 g/mol. The number of sulfonamides is 1.